The molecule has 1 N–H and O–H groups in total. The van der Waals surface area contributed by atoms with E-state index in [-0.39, 0.29) is 11.6 Å². The first-order valence-electron chi connectivity index (χ1n) is 5.89. The van der Waals surface area contributed by atoms with Gasteiger partial charge in [-0.3, -0.25) is 0 Å². The lowest BCUT2D eigenvalue weighted by Gasteiger charge is -2.18. The molecule has 0 saturated heterocycles. The van der Waals surface area contributed by atoms with Crippen LogP contribution in [0.1, 0.15) is 5.82 Å². The average molecular weight is 247 g/mol. The molecule has 5 heteroatoms. The fraction of sp³-hybridized carbons (Fsp3) is 0.308. The number of hydrogen-bond donors (Lipinski definition) is 1. The standard InChI is InChI=1S/C13H14FN3O/c1-18-11-4-2-3-9(13(11)14)10-7-16-12-8-15-5-6-17(10)12/h2-4,7,15H,5-6,8H2,1H3. The Morgan fingerprint density at radius 2 is 2.33 bits per heavy atom. The Morgan fingerprint density at radius 3 is 3.17 bits per heavy atom. The third-order valence-corrected chi connectivity index (χ3v) is 3.19. The first-order chi connectivity index (χ1) is 8.81. The summed E-state index contributed by atoms with van der Waals surface area (Å²) in [4.78, 5) is 4.32. The summed E-state index contributed by atoms with van der Waals surface area (Å²) in [5.41, 5.74) is 1.35. The molecule has 0 saturated carbocycles. The van der Waals surface area contributed by atoms with Gasteiger partial charge in [0, 0.05) is 18.7 Å². The molecule has 4 nitrogen and oxygen atoms in total. The molecule has 2 heterocycles. The van der Waals surface area contributed by atoms with Gasteiger partial charge >= 0.3 is 0 Å². The quantitative estimate of drug-likeness (QED) is 0.879. The molecular weight excluding hydrogens is 233 g/mol. The third-order valence-electron chi connectivity index (χ3n) is 3.19. The van der Waals surface area contributed by atoms with E-state index in [2.05, 4.69) is 10.3 Å². The molecule has 18 heavy (non-hydrogen) atoms. The van der Waals surface area contributed by atoms with Gasteiger partial charge < -0.3 is 14.6 Å². The Balaban J connectivity index is 2.13. The maximum Gasteiger partial charge on any atom is 0.174 e. The first-order valence-corrected chi connectivity index (χ1v) is 5.89. The van der Waals surface area contributed by atoms with Crippen molar-refractivity contribution in [1.29, 1.82) is 0 Å². The Bertz CT molecular complexity index is 580. The number of halogens is 1. The van der Waals surface area contributed by atoms with Crippen molar-refractivity contribution in [2.24, 2.45) is 0 Å². The number of methoxy groups -OCH3 is 1. The molecule has 0 radical (unpaired) electrons. The first kappa shape index (κ1) is 11.2. The highest BCUT2D eigenvalue weighted by molar-refractivity contribution is 5.62. The zero-order chi connectivity index (χ0) is 12.5. The van der Waals surface area contributed by atoms with Crippen LogP contribution in [0.5, 0.6) is 5.75 Å². The second-order valence-electron chi connectivity index (χ2n) is 4.21. The van der Waals surface area contributed by atoms with Crippen LogP contribution in [0.3, 0.4) is 0 Å². The zero-order valence-electron chi connectivity index (χ0n) is 10.1. The lowest BCUT2D eigenvalue weighted by molar-refractivity contribution is 0.387. The summed E-state index contributed by atoms with van der Waals surface area (Å²) in [7, 11) is 1.47. The van der Waals surface area contributed by atoms with Gasteiger partial charge in [-0.15, -0.1) is 0 Å². The van der Waals surface area contributed by atoms with E-state index in [0.29, 0.717) is 5.56 Å². The SMILES string of the molecule is COc1cccc(-c2cnc3n2CCNC3)c1F. The minimum absolute atomic E-state index is 0.261. The van der Waals surface area contributed by atoms with Crippen LogP contribution in [0.25, 0.3) is 11.3 Å². The predicted molar refractivity (Wildman–Crippen MR) is 65.9 cm³/mol. The summed E-state index contributed by atoms with van der Waals surface area (Å²) in [5.74, 6) is 0.872. The summed E-state index contributed by atoms with van der Waals surface area (Å²) < 4.78 is 21.3. The molecule has 1 aliphatic heterocycles. The molecule has 2 aromatic rings. The molecule has 0 bridgehead atoms. The maximum absolute atomic E-state index is 14.2. The van der Waals surface area contributed by atoms with Crippen LogP contribution in [0.2, 0.25) is 0 Å². The minimum atomic E-state index is -0.332. The fourth-order valence-corrected chi connectivity index (χ4v) is 2.28. The summed E-state index contributed by atoms with van der Waals surface area (Å²) in [6.45, 7) is 2.41. The van der Waals surface area contributed by atoms with Crippen molar-refractivity contribution in [3.8, 4) is 17.0 Å². The number of aromatic nitrogens is 2. The van der Waals surface area contributed by atoms with E-state index in [9.17, 15) is 4.39 Å². The van der Waals surface area contributed by atoms with Gasteiger partial charge in [0.25, 0.3) is 0 Å². The molecule has 0 aliphatic carbocycles. The number of fused-ring (bicyclic) bond motifs is 1. The van der Waals surface area contributed by atoms with Crippen molar-refractivity contribution in [2.75, 3.05) is 13.7 Å². The van der Waals surface area contributed by atoms with Crippen LogP contribution in [-0.4, -0.2) is 23.2 Å². The van der Waals surface area contributed by atoms with Gasteiger partial charge in [-0.1, -0.05) is 6.07 Å². The molecule has 0 unspecified atom stereocenters. The second-order valence-corrected chi connectivity index (χ2v) is 4.21. The van der Waals surface area contributed by atoms with Crippen LogP contribution in [0.4, 0.5) is 4.39 Å². The summed E-state index contributed by atoms with van der Waals surface area (Å²) in [6.07, 6.45) is 1.72. The highest BCUT2D eigenvalue weighted by Crippen LogP contribution is 2.29. The van der Waals surface area contributed by atoms with E-state index in [1.165, 1.54) is 7.11 Å². The van der Waals surface area contributed by atoms with Gasteiger partial charge in [0.1, 0.15) is 5.82 Å². The monoisotopic (exact) mass is 247 g/mol. The molecule has 94 valence electrons. The number of hydrogen-bond acceptors (Lipinski definition) is 3. The van der Waals surface area contributed by atoms with E-state index >= 15 is 0 Å². The van der Waals surface area contributed by atoms with Crippen LogP contribution < -0.4 is 10.1 Å². The Kier molecular flexibility index (Phi) is 2.76. The average Bonchev–Trinajstić information content (AvgIpc) is 2.83. The van der Waals surface area contributed by atoms with Crippen molar-refractivity contribution in [2.45, 2.75) is 13.1 Å². The van der Waals surface area contributed by atoms with Gasteiger partial charge in [0.05, 0.1) is 25.5 Å². The number of nitrogens with zero attached hydrogens (tertiary/aromatic N) is 2. The van der Waals surface area contributed by atoms with E-state index < -0.39 is 0 Å². The molecule has 1 aromatic heterocycles. The number of imidazole rings is 1. The topological polar surface area (TPSA) is 39.1 Å². The predicted octanol–water partition coefficient (Wildman–Crippen LogP) is 1.80. The second kappa shape index (κ2) is 4.42. The van der Waals surface area contributed by atoms with Crippen molar-refractivity contribution >= 4 is 0 Å². The molecule has 1 aromatic carbocycles. The zero-order valence-corrected chi connectivity index (χ0v) is 10.1. The lowest BCUT2D eigenvalue weighted by atomic mass is 10.1. The van der Waals surface area contributed by atoms with Crippen molar-refractivity contribution in [1.82, 2.24) is 14.9 Å². The van der Waals surface area contributed by atoms with Gasteiger partial charge in [-0.05, 0) is 12.1 Å². The minimum Gasteiger partial charge on any atom is -0.494 e. The van der Waals surface area contributed by atoms with E-state index in [1.54, 1.807) is 24.4 Å². The number of ether oxygens (including phenoxy) is 1. The lowest BCUT2D eigenvalue weighted by Crippen LogP contribution is -2.28. The largest absolute Gasteiger partial charge is 0.494 e. The smallest absolute Gasteiger partial charge is 0.174 e. The summed E-state index contributed by atoms with van der Waals surface area (Å²) in [5, 5.41) is 3.24. The van der Waals surface area contributed by atoms with E-state index in [0.717, 1.165) is 31.2 Å². The molecule has 0 atom stereocenters. The molecule has 0 amide bonds. The van der Waals surface area contributed by atoms with Gasteiger partial charge in [0.15, 0.2) is 11.6 Å². The van der Waals surface area contributed by atoms with Crippen LogP contribution in [0, 0.1) is 5.82 Å². The summed E-state index contributed by atoms with van der Waals surface area (Å²) in [6, 6.07) is 5.16. The number of nitrogens with one attached hydrogen (secondary N) is 1. The maximum atomic E-state index is 14.2. The van der Waals surface area contributed by atoms with Crippen molar-refractivity contribution in [3.63, 3.8) is 0 Å². The van der Waals surface area contributed by atoms with E-state index in [1.807, 2.05) is 4.57 Å². The molecule has 0 fully saturated rings. The third kappa shape index (κ3) is 1.67. The molecule has 3 rings (SSSR count). The summed E-state index contributed by atoms with van der Waals surface area (Å²) >= 11 is 0. The van der Waals surface area contributed by atoms with Gasteiger partial charge in [0.2, 0.25) is 0 Å². The van der Waals surface area contributed by atoms with Gasteiger partial charge in [-0.2, -0.15) is 0 Å². The highest BCUT2D eigenvalue weighted by Gasteiger charge is 2.18. The normalized spacial score (nSPS) is 14.3. The number of rotatable bonds is 2. The van der Waals surface area contributed by atoms with Crippen molar-refractivity contribution in [3.05, 3.63) is 36.0 Å². The highest BCUT2D eigenvalue weighted by atomic mass is 19.1. The van der Waals surface area contributed by atoms with Gasteiger partial charge in [-0.25, -0.2) is 9.37 Å². The van der Waals surface area contributed by atoms with Crippen molar-refractivity contribution < 1.29 is 9.13 Å². The Hall–Kier alpha value is -1.88. The number of benzene rings is 1. The Labute approximate surface area is 104 Å². The van der Waals surface area contributed by atoms with Crippen LogP contribution in [-0.2, 0) is 13.1 Å². The van der Waals surface area contributed by atoms with Crippen LogP contribution >= 0.6 is 0 Å². The van der Waals surface area contributed by atoms with E-state index in [4.69, 9.17) is 4.74 Å². The molecule has 0 spiro atoms. The fourth-order valence-electron chi connectivity index (χ4n) is 2.28. The van der Waals surface area contributed by atoms with Crippen LogP contribution in [0.15, 0.2) is 24.4 Å². The molecular formula is C13H14FN3O. The Morgan fingerprint density at radius 1 is 1.44 bits per heavy atom. The molecule has 1 aliphatic rings.